The predicted octanol–water partition coefficient (Wildman–Crippen LogP) is 3.85. The van der Waals surface area contributed by atoms with Gasteiger partial charge in [-0.2, -0.15) is 15.6 Å². The summed E-state index contributed by atoms with van der Waals surface area (Å²) in [5.41, 5.74) is 1.91. The molecule has 0 bridgehead atoms. The standard InChI is InChI=1S/C16H14ClN5O/c1-9(2)6-13-15(14-12(8-18)20-22-21-14)19-16(23-13)10-4-3-5-11(17)7-10/h3-5,7,9H,6H2,1-2H3,(H,20,21,22). The van der Waals surface area contributed by atoms with Crippen LogP contribution in [0.1, 0.15) is 25.3 Å². The van der Waals surface area contributed by atoms with Gasteiger partial charge in [0.05, 0.1) is 0 Å². The highest BCUT2D eigenvalue weighted by atomic mass is 35.5. The third kappa shape index (κ3) is 3.10. The third-order valence-electron chi connectivity index (χ3n) is 3.24. The SMILES string of the molecule is CC(C)Cc1oc(-c2cccc(Cl)c2)nc1-c1n[nH]nc1C#N. The third-order valence-corrected chi connectivity index (χ3v) is 3.48. The topological polar surface area (TPSA) is 91.4 Å². The minimum Gasteiger partial charge on any atom is -0.440 e. The van der Waals surface area contributed by atoms with Crippen LogP contribution in [0.3, 0.4) is 0 Å². The lowest BCUT2D eigenvalue weighted by Crippen LogP contribution is -1.95. The smallest absolute Gasteiger partial charge is 0.226 e. The van der Waals surface area contributed by atoms with Gasteiger partial charge in [0.2, 0.25) is 5.89 Å². The Morgan fingerprint density at radius 2 is 2.13 bits per heavy atom. The molecule has 0 aliphatic carbocycles. The van der Waals surface area contributed by atoms with E-state index >= 15 is 0 Å². The molecule has 0 fully saturated rings. The maximum absolute atomic E-state index is 9.15. The number of rotatable bonds is 4. The molecule has 23 heavy (non-hydrogen) atoms. The molecule has 0 radical (unpaired) electrons. The van der Waals surface area contributed by atoms with Gasteiger partial charge in [-0.1, -0.05) is 31.5 Å². The molecule has 0 unspecified atom stereocenters. The number of H-pyrrole nitrogens is 1. The first-order chi connectivity index (χ1) is 11.1. The van der Waals surface area contributed by atoms with Crippen molar-refractivity contribution in [3.63, 3.8) is 0 Å². The summed E-state index contributed by atoms with van der Waals surface area (Å²) in [4.78, 5) is 4.53. The van der Waals surface area contributed by atoms with Crippen molar-refractivity contribution in [1.29, 1.82) is 5.26 Å². The second-order valence-corrected chi connectivity index (χ2v) is 5.97. The Morgan fingerprint density at radius 1 is 1.30 bits per heavy atom. The van der Waals surface area contributed by atoms with Crippen LogP contribution in [0.2, 0.25) is 5.02 Å². The number of aromatic nitrogens is 4. The van der Waals surface area contributed by atoms with Crippen molar-refractivity contribution in [2.24, 2.45) is 5.92 Å². The van der Waals surface area contributed by atoms with E-state index in [4.69, 9.17) is 21.3 Å². The monoisotopic (exact) mass is 327 g/mol. The van der Waals surface area contributed by atoms with E-state index in [1.54, 1.807) is 12.1 Å². The number of nitrogens with one attached hydrogen (secondary N) is 1. The van der Waals surface area contributed by atoms with Gasteiger partial charge in [0.15, 0.2) is 11.4 Å². The van der Waals surface area contributed by atoms with E-state index in [9.17, 15) is 0 Å². The summed E-state index contributed by atoms with van der Waals surface area (Å²) in [5, 5.41) is 20.1. The summed E-state index contributed by atoms with van der Waals surface area (Å²) >= 11 is 6.03. The molecule has 3 aromatic rings. The van der Waals surface area contributed by atoms with E-state index in [0.29, 0.717) is 40.4 Å². The zero-order valence-electron chi connectivity index (χ0n) is 12.7. The summed E-state index contributed by atoms with van der Waals surface area (Å²) in [6, 6.07) is 9.28. The number of oxazole rings is 1. The summed E-state index contributed by atoms with van der Waals surface area (Å²) in [5.74, 6) is 1.50. The highest BCUT2D eigenvalue weighted by Crippen LogP contribution is 2.31. The summed E-state index contributed by atoms with van der Waals surface area (Å²) in [7, 11) is 0. The Labute approximate surface area is 138 Å². The molecule has 0 amide bonds. The Morgan fingerprint density at radius 3 is 2.83 bits per heavy atom. The van der Waals surface area contributed by atoms with Gasteiger partial charge in [0, 0.05) is 17.0 Å². The lowest BCUT2D eigenvalue weighted by molar-refractivity contribution is 0.480. The molecule has 116 valence electrons. The van der Waals surface area contributed by atoms with Crippen LogP contribution in [0.15, 0.2) is 28.7 Å². The Hall–Kier alpha value is -2.65. The van der Waals surface area contributed by atoms with Crippen LogP contribution in [0.5, 0.6) is 0 Å². The quantitative estimate of drug-likeness (QED) is 0.785. The first-order valence-corrected chi connectivity index (χ1v) is 7.53. The molecule has 2 heterocycles. The molecule has 7 heteroatoms. The van der Waals surface area contributed by atoms with Crippen LogP contribution >= 0.6 is 11.6 Å². The van der Waals surface area contributed by atoms with E-state index in [0.717, 1.165) is 5.56 Å². The molecular formula is C16H14ClN5O. The van der Waals surface area contributed by atoms with Crippen molar-refractivity contribution in [3.8, 4) is 28.9 Å². The highest BCUT2D eigenvalue weighted by Gasteiger charge is 2.22. The molecular weight excluding hydrogens is 314 g/mol. The number of nitrogens with zero attached hydrogens (tertiary/aromatic N) is 4. The van der Waals surface area contributed by atoms with E-state index < -0.39 is 0 Å². The molecule has 2 aromatic heterocycles. The average Bonchev–Trinajstić information content (AvgIpc) is 3.12. The van der Waals surface area contributed by atoms with Crippen LogP contribution in [0, 0.1) is 17.2 Å². The lowest BCUT2D eigenvalue weighted by Gasteiger charge is -2.01. The number of hydrogen-bond acceptors (Lipinski definition) is 5. The van der Waals surface area contributed by atoms with E-state index in [1.807, 2.05) is 18.2 Å². The van der Waals surface area contributed by atoms with Crippen molar-refractivity contribution >= 4 is 11.6 Å². The molecule has 1 N–H and O–H groups in total. The minimum atomic E-state index is 0.195. The second kappa shape index (κ2) is 6.23. The van der Waals surface area contributed by atoms with Crippen LogP contribution in [-0.4, -0.2) is 20.4 Å². The normalized spacial score (nSPS) is 10.9. The van der Waals surface area contributed by atoms with Gasteiger partial charge in [-0.15, -0.1) is 5.10 Å². The molecule has 0 aliphatic heterocycles. The molecule has 6 nitrogen and oxygen atoms in total. The van der Waals surface area contributed by atoms with Crippen LogP contribution in [0.25, 0.3) is 22.8 Å². The number of benzene rings is 1. The number of nitriles is 1. The lowest BCUT2D eigenvalue weighted by atomic mass is 10.1. The van der Waals surface area contributed by atoms with Gasteiger partial charge in [-0.05, 0) is 24.1 Å². The minimum absolute atomic E-state index is 0.195. The van der Waals surface area contributed by atoms with Crippen molar-refractivity contribution in [1.82, 2.24) is 20.4 Å². The average molecular weight is 328 g/mol. The van der Waals surface area contributed by atoms with Gasteiger partial charge in [0.25, 0.3) is 0 Å². The van der Waals surface area contributed by atoms with Gasteiger partial charge in [-0.25, -0.2) is 4.98 Å². The maximum Gasteiger partial charge on any atom is 0.226 e. The summed E-state index contributed by atoms with van der Waals surface area (Å²) < 4.78 is 5.93. The van der Waals surface area contributed by atoms with Gasteiger partial charge >= 0.3 is 0 Å². The Balaban J connectivity index is 2.13. The Kier molecular flexibility index (Phi) is 4.13. The van der Waals surface area contributed by atoms with E-state index in [1.165, 1.54) is 0 Å². The summed E-state index contributed by atoms with van der Waals surface area (Å²) in [6.45, 7) is 4.17. The zero-order valence-corrected chi connectivity index (χ0v) is 13.4. The van der Waals surface area contributed by atoms with E-state index in [2.05, 4.69) is 34.2 Å². The Bertz CT molecular complexity index is 875. The number of halogens is 1. The van der Waals surface area contributed by atoms with Crippen molar-refractivity contribution < 1.29 is 4.42 Å². The number of hydrogen-bond donors (Lipinski definition) is 1. The van der Waals surface area contributed by atoms with Gasteiger partial charge < -0.3 is 4.42 Å². The molecule has 0 aliphatic rings. The van der Waals surface area contributed by atoms with Crippen molar-refractivity contribution in [2.45, 2.75) is 20.3 Å². The largest absolute Gasteiger partial charge is 0.440 e. The van der Waals surface area contributed by atoms with Crippen LogP contribution < -0.4 is 0 Å². The molecule has 0 spiro atoms. The fourth-order valence-corrected chi connectivity index (χ4v) is 2.46. The molecule has 3 rings (SSSR count). The molecule has 0 saturated heterocycles. The fourth-order valence-electron chi connectivity index (χ4n) is 2.26. The van der Waals surface area contributed by atoms with Gasteiger partial charge in [-0.3, -0.25) is 0 Å². The summed E-state index contributed by atoms with van der Waals surface area (Å²) in [6.07, 6.45) is 0.681. The first-order valence-electron chi connectivity index (χ1n) is 7.15. The maximum atomic E-state index is 9.15. The van der Waals surface area contributed by atoms with Crippen LogP contribution in [0.4, 0.5) is 0 Å². The van der Waals surface area contributed by atoms with E-state index in [-0.39, 0.29) is 5.69 Å². The predicted molar refractivity (Wildman–Crippen MR) is 85.6 cm³/mol. The van der Waals surface area contributed by atoms with Crippen LogP contribution in [-0.2, 0) is 6.42 Å². The highest BCUT2D eigenvalue weighted by molar-refractivity contribution is 6.30. The zero-order chi connectivity index (χ0) is 16.4. The van der Waals surface area contributed by atoms with Crippen molar-refractivity contribution in [3.05, 3.63) is 40.7 Å². The number of aromatic amines is 1. The first kappa shape index (κ1) is 15.3. The molecule has 0 saturated carbocycles. The molecule has 1 aromatic carbocycles. The van der Waals surface area contributed by atoms with Gasteiger partial charge in [0.1, 0.15) is 17.5 Å². The fraction of sp³-hybridized carbons (Fsp3) is 0.250. The second-order valence-electron chi connectivity index (χ2n) is 5.53. The molecule has 0 atom stereocenters. The van der Waals surface area contributed by atoms with Crippen molar-refractivity contribution in [2.75, 3.05) is 0 Å².